The largest absolute Gasteiger partial charge is 0.511 e. The van der Waals surface area contributed by atoms with E-state index >= 15 is 0 Å². The molecule has 0 bridgehead atoms. The van der Waals surface area contributed by atoms with Crippen LogP contribution in [0.25, 0.3) is 0 Å². The zero-order valence-electron chi connectivity index (χ0n) is 30.9. The minimum absolute atomic E-state index is 0.0775. The zero-order valence-corrected chi connectivity index (χ0v) is 30.9. The van der Waals surface area contributed by atoms with Crippen molar-refractivity contribution in [1.82, 2.24) is 0 Å². The first-order valence-electron chi connectivity index (χ1n) is 19.7. The van der Waals surface area contributed by atoms with E-state index in [-0.39, 0.29) is 17.2 Å². The molecule has 0 unspecified atom stereocenters. The van der Waals surface area contributed by atoms with Crippen LogP contribution < -0.4 is 18.9 Å². The highest BCUT2D eigenvalue weighted by Gasteiger charge is 2.30. The molecule has 1 aromatic rings. The molecule has 1 rings (SSSR count). The van der Waals surface area contributed by atoms with Crippen molar-refractivity contribution in [1.29, 1.82) is 0 Å². The Labute approximate surface area is 288 Å². The summed E-state index contributed by atoms with van der Waals surface area (Å²) in [5.41, 5.74) is 0.564. The lowest BCUT2D eigenvalue weighted by molar-refractivity contribution is 0.141. The Hall–Kier alpha value is -2.31. The predicted octanol–water partition coefficient (Wildman–Crippen LogP) is 13.0. The number of hydrogen-bond acceptors (Lipinski definition) is 6. The Morgan fingerprint density at radius 3 is 1.19 bits per heavy atom. The number of phenols is 1. The number of aromatic hydroxyl groups is 1. The standard InChI is InChI=1S/C40H72O7/c1-5-9-13-17-21-22-26-30-34-36(47-40(42)43)35(41)38(45-32-28-24-19-15-11-7-3)39(46-33-29-25-20-16-12-8-4)37(34)44-31-27-23-18-14-10-6-2/h41H,5-33H2,1-4H3,(H,42,43). The summed E-state index contributed by atoms with van der Waals surface area (Å²) in [6.07, 6.45) is 27.2. The van der Waals surface area contributed by atoms with Crippen LogP contribution in [0.1, 0.15) is 194 Å². The average Bonchev–Trinajstić information content (AvgIpc) is 3.06. The van der Waals surface area contributed by atoms with Crippen molar-refractivity contribution in [2.24, 2.45) is 0 Å². The molecule has 0 aliphatic rings. The van der Waals surface area contributed by atoms with Crippen LogP contribution in [0.2, 0.25) is 0 Å². The summed E-state index contributed by atoms with van der Waals surface area (Å²) in [6.45, 7) is 10.2. The highest BCUT2D eigenvalue weighted by atomic mass is 16.7. The van der Waals surface area contributed by atoms with E-state index in [0.29, 0.717) is 43.3 Å². The van der Waals surface area contributed by atoms with E-state index in [4.69, 9.17) is 18.9 Å². The maximum atomic E-state index is 11.9. The van der Waals surface area contributed by atoms with Gasteiger partial charge in [-0.1, -0.05) is 163 Å². The minimum atomic E-state index is -1.47. The summed E-state index contributed by atoms with van der Waals surface area (Å²) in [5.74, 6) is 0.626. The normalized spacial score (nSPS) is 11.1. The zero-order chi connectivity index (χ0) is 34.4. The van der Waals surface area contributed by atoms with Crippen molar-refractivity contribution in [3.05, 3.63) is 5.56 Å². The monoisotopic (exact) mass is 665 g/mol. The molecular weight excluding hydrogens is 592 g/mol. The maximum Gasteiger partial charge on any atom is 0.511 e. The fourth-order valence-electron chi connectivity index (χ4n) is 5.97. The first-order chi connectivity index (χ1) is 23.0. The summed E-state index contributed by atoms with van der Waals surface area (Å²) < 4.78 is 24.5. The van der Waals surface area contributed by atoms with E-state index in [1.54, 1.807) is 0 Å². The second kappa shape index (κ2) is 29.8. The van der Waals surface area contributed by atoms with Gasteiger partial charge in [-0.3, -0.25) is 0 Å². The molecular formula is C40H72O7. The van der Waals surface area contributed by atoms with Gasteiger partial charge in [0.2, 0.25) is 17.2 Å². The summed E-state index contributed by atoms with van der Waals surface area (Å²) >= 11 is 0. The molecule has 0 saturated carbocycles. The molecule has 0 saturated heterocycles. The van der Waals surface area contributed by atoms with Crippen LogP contribution >= 0.6 is 0 Å². The van der Waals surface area contributed by atoms with Gasteiger partial charge >= 0.3 is 6.16 Å². The number of carbonyl (C=O) groups is 1. The van der Waals surface area contributed by atoms with E-state index in [9.17, 15) is 15.0 Å². The number of unbranched alkanes of at least 4 members (excludes halogenated alkanes) is 21. The van der Waals surface area contributed by atoms with Gasteiger partial charge in [-0.25, -0.2) is 4.79 Å². The molecule has 0 radical (unpaired) electrons. The van der Waals surface area contributed by atoms with E-state index in [1.807, 2.05) is 0 Å². The van der Waals surface area contributed by atoms with Crippen LogP contribution in [-0.4, -0.2) is 36.2 Å². The van der Waals surface area contributed by atoms with Gasteiger partial charge < -0.3 is 29.2 Å². The summed E-state index contributed by atoms with van der Waals surface area (Å²) in [4.78, 5) is 11.9. The molecule has 7 heteroatoms. The summed E-state index contributed by atoms with van der Waals surface area (Å²) in [5, 5.41) is 21.2. The van der Waals surface area contributed by atoms with E-state index in [1.165, 1.54) is 96.3 Å². The molecule has 0 heterocycles. The van der Waals surface area contributed by atoms with Crippen molar-refractivity contribution in [2.75, 3.05) is 19.8 Å². The Balaban J connectivity index is 3.33. The Morgan fingerprint density at radius 2 is 0.787 bits per heavy atom. The van der Waals surface area contributed by atoms with E-state index < -0.39 is 6.16 Å². The Morgan fingerprint density at radius 1 is 0.447 bits per heavy atom. The van der Waals surface area contributed by atoms with Crippen molar-refractivity contribution in [2.45, 2.75) is 195 Å². The van der Waals surface area contributed by atoms with Crippen molar-refractivity contribution in [3.63, 3.8) is 0 Å². The molecule has 0 atom stereocenters. The molecule has 47 heavy (non-hydrogen) atoms. The van der Waals surface area contributed by atoms with Gasteiger partial charge in [0.15, 0.2) is 11.5 Å². The van der Waals surface area contributed by atoms with Crippen LogP contribution in [0.15, 0.2) is 0 Å². The van der Waals surface area contributed by atoms with Crippen molar-refractivity contribution in [3.8, 4) is 28.7 Å². The van der Waals surface area contributed by atoms with Gasteiger partial charge in [0, 0.05) is 5.56 Å². The fraction of sp³-hybridized carbons (Fsp3) is 0.825. The number of phenolic OH excluding ortho intramolecular Hbond substituents is 1. The highest BCUT2D eigenvalue weighted by Crippen LogP contribution is 2.54. The summed E-state index contributed by atoms with van der Waals surface area (Å²) in [6, 6.07) is 0. The van der Waals surface area contributed by atoms with Crippen LogP contribution in [0.4, 0.5) is 4.79 Å². The number of rotatable bonds is 33. The van der Waals surface area contributed by atoms with E-state index in [2.05, 4.69) is 27.7 Å². The minimum Gasteiger partial charge on any atom is -0.502 e. The van der Waals surface area contributed by atoms with Gasteiger partial charge in [-0.15, -0.1) is 0 Å². The first kappa shape index (κ1) is 42.7. The Bertz CT molecular complexity index is 901. The Kier molecular flexibility index (Phi) is 27.1. The third-order valence-corrected chi connectivity index (χ3v) is 8.84. The average molecular weight is 665 g/mol. The van der Waals surface area contributed by atoms with Gasteiger partial charge in [-0.05, 0) is 32.1 Å². The topological polar surface area (TPSA) is 94.5 Å². The van der Waals surface area contributed by atoms with Gasteiger partial charge in [0.1, 0.15) is 0 Å². The maximum absolute atomic E-state index is 11.9. The number of benzene rings is 1. The molecule has 0 spiro atoms. The second-order valence-corrected chi connectivity index (χ2v) is 13.2. The lowest BCUT2D eigenvalue weighted by Crippen LogP contribution is -2.12. The predicted molar refractivity (Wildman–Crippen MR) is 195 cm³/mol. The SMILES string of the molecule is CCCCCCCCCc1c(OC(=O)O)c(O)c(OCCCCCCCC)c(OCCCCCCCC)c1OCCCCCCCC. The summed E-state index contributed by atoms with van der Waals surface area (Å²) in [7, 11) is 0. The molecule has 0 aromatic heterocycles. The van der Waals surface area contributed by atoms with E-state index in [0.717, 1.165) is 64.2 Å². The smallest absolute Gasteiger partial charge is 0.502 e. The lowest BCUT2D eigenvalue weighted by atomic mass is 10.0. The van der Waals surface area contributed by atoms with Gasteiger partial charge in [0.05, 0.1) is 19.8 Å². The lowest BCUT2D eigenvalue weighted by Gasteiger charge is -2.23. The van der Waals surface area contributed by atoms with Gasteiger partial charge in [0.25, 0.3) is 0 Å². The van der Waals surface area contributed by atoms with Crippen molar-refractivity contribution >= 4 is 6.16 Å². The van der Waals surface area contributed by atoms with Crippen LogP contribution in [0.3, 0.4) is 0 Å². The third-order valence-electron chi connectivity index (χ3n) is 8.84. The van der Waals surface area contributed by atoms with Crippen LogP contribution in [0, 0.1) is 0 Å². The molecule has 0 fully saturated rings. The van der Waals surface area contributed by atoms with Gasteiger partial charge in [-0.2, -0.15) is 0 Å². The molecule has 7 nitrogen and oxygen atoms in total. The number of carboxylic acid groups (broad SMARTS) is 1. The molecule has 0 aliphatic heterocycles. The molecule has 0 aliphatic carbocycles. The first-order valence-corrected chi connectivity index (χ1v) is 19.7. The second-order valence-electron chi connectivity index (χ2n) is 13.2. The quantitative estimate of drug-likeness (QED) is 0.0438. The third kappa shape index (κ3) is 20.0. The van der Waals surface area contributed by atoms with Crippen LogP contribution in [-0.2, 0) is 6.42 Å². The number of hydrogen-bond donors (Lipinski definition) is 2. The highest BCUT2D eigenvalue weighted by molar-refractivity contribution is 5.73. The molecule has 274 valence electrons. The molecule has 1 aromatic carbocycles. The fourth-order valence-corrected chi connectivity index (χ4v) is 5.97. The molecule has 0 amide bonds. The van der Waals surface area contributed by atoms with Crippen LogP contribution in [0.5, 0.6) is 28.7 Å². The van der Waals surface area contributed by atoms with Crippen molar-refractivity contribution < 1.29 is 34.0 Å². The molecule has 2 N–H and O–H groups in total. The number of ether oxygens (including phenoxy) is 4.